The summed E-state index contributed by atoms with van der Waals surface area (Å²) in [6, 6.07) is 26.2. The molecular weight excluding hydrogens is 442 g/mol. The summed E-state index contributed by atoms with van der Waals surface area (Å²) in [5, 5.41) is 3.60. The van der Waals surface area contributed by atoms with Gasteiger partial charge in [-0.05, 0) is 65.4 Å². The van der Waals surface area contributed by atoms with Crippen LogP contribution in [0.4, 0.5) is 10.5 Å². The number of urea groups is 1. The first-order chi connectivity index (χ1) is 16.4. The number of carbonyl (C=O) groups is 1. The maximum Gasteiger partial charge on any atom is 0.323 e. The van der Waals surface area contributed by atoms with E-state index in [0.717, 1.165) is 28.1 Å². The van der Waals surface area contributed by atoms with Crippen molar-refractivity contribution in [2.45, 2.75) is 39.3 Å². The number of fused-ring (bicyclic) bond motifs is 3. The van der Waals surface area contributed by atoms with E-state index in [9.17, 15) is 4.79 Å². The van der Waals surface area contributed by atoms with E-state index in [1.54, 1.807) is 0 Å². The number of hydrogen-bond acceptors (Lipinski definition) is 1. The van der Waals surface area contributed by atoms with Gasteiger partial charge in [0.25, 0.3) is 0 Å². The van der Waals surface area contributed by atoms with Crippen LogP contribution in [0.2, 0.25) is 5.02 Å². The van der Waals surface area contributed by atoms with Gasteiger partial charge in [-0.2, -0.15) is 0 Å². The Kier molecular flexibility index (Phi) is 5.93. The number of aryl methyl sites for hydroxylation is 1. The molecule has 5 rings (SSSR count). The standard InChI is InChI=1S/C29H28ClN3O/c1-19(2)21-11-13-22(14-12-21)28-27-9-6-16-32(27)26-8-5-4-7-23(26)18-33(28)29(34)31-25-15-10-20(3)17-24(25)30/h4-17,19,28H,18H2,1-3H3,(H,31,34). The monoisotopic (exact) mass is 469 g/mol. The van der Waals surface area contributed by atoms with Gasteiger partial charge >= 0.3 is 6.03 Å². The van der Waals surface area contributed by atoms with E-state index in [0.29, 0.717) is 23.2 Å². The summed E-state index contributed by atoms with van der Waals surface area (Å²) in [5.41, 5.74) is 7.24. The lowest BCUT2D eigenvalue weighted by Gasteiger charge is -2.31. The fourth-order valence-corrected chi connectivity index (χ4v) is 4.94. The minimum Gasteiger partial charge on any atom is -0.318 e. The van der Waals surface area contributed by atoms with Crippen molar-refractivity contribution in [3.05, 3.63) is 118 Å². The fourth-order valence-electron chi connectivity index (χ4n) is 4.66. The highest BCUT2D eigenvalue weighted by atomic mass is 35.5. The predicted octanol–water partition coefficient (Wildman–Crippen LogP) is 7.70. The van der Waals surface area contributed by atoms with Crippen molar-refractivity contribution in [2.24, 2.45) is 0 Å². The number of nitrogens with zero attached hydrogens (tertiary/aromatic N) is 2. The van der Waals surface area contributed by atoms with Gasteiger partial charge in [-0.15, -0.1) is 0 Å². The zero-order chi connectivity index (χ0) is 23.8. The van der Waals surface area contributed by atoms with Gasteiger partial charge in [-0.1, -0.05) is 74.0 Å². The Morgan fingerprint density at radius 2 is 1.76 bits per heavy atom. The molecule has 1 atom stereocenters. The highest BCUT2D eigenvalue weighted by Gasteiger charge is 2.33. The number of rotatable bonds is 3. The first kappa shape index (κ1) is 22.3. The minimum absolute atomic E-state index is 0.187. The molecule has 1 aliphatic rings. The van der Waals surface area contributed by atoms with Crippen molar-refractivity contribution in [2.75, 3.05) is 5.32 Å². The molecule has 0 bridgehead atoms. The minimum atomic E-state index is -0.257. The van der Waals surface area contributed by atoms with Crippen molar-refractivity contribution >= 4 is 23.3 Å². The van der Waals surface area contributed by atoms with Gasteiger partial charge in [0.1, 0.15) is 0 Å². The Hall–Kier alpha value is -3.50. The molecule has 172 valence electrons. The lowest BCUT2D eigenvalue weighted by Crippen LogP contribution is -2.38. The second kappa shape index (κ2) is 9.03. The molecule has 0 radical (unpaired) electrons. The molecule has 0 aliphatic carbocycles. The Labute approximate surface area is 205 Å². The van der Waals surface area contributed by atoms with Crippen molar-refractivity contribution in [1.29, 1.82) is 0 Å². The van der Waals surface area contributed by atoms with Gasteiger partial charge in [-0.25, -0.2) is 4.79 Å². The molecule has 1 aliphatic heterocycles. The molecule has 0 spiro atoms. The normalized spacial score (nSPS) is 15.0. The first-order valence-corrected chi connectivity index (χ1v) is 12.0. The zero-order valence-corrected chi connectivity index (χ0v) is 20.4. The number of aromatic nitrogens is 1. The fraction of sp³-hybridized carbons (Fsp3) is 0.207. The summed E-state index contributed by atoms with van der Waals surface area (Å²) in [5.74, 6) is 0.444. The van der Waals surface area contributed by atoms with E-state index >= 15 is 0 Å². The lowest BCUT2D eigenvalue weighted by atomic mass is 9.97. The molecule has 1 N–H and O–H groups in total. The van der Waals surface area contributed by atoms with Crippen LogP contribution in [0.15, 0.2) is 85.1 Å². The summed E-state index contributed by atoms with van der Waals surface area (Å²) < 4.78 is 2.20. The number of benzene rings is 3. The van der Waals surface area contributed by atoms with E-state index in [1.165, 1.54) is 5.56 Å². The van der Waals surface area contributed by atoms with Crippen molar-refractivity contribution in [1.82, 2.24) is 9.47 Å². The van der Waals surface area contributed by atoms with E-state index in [-0.39, 0.29) is 12.1 Å². The van der Waals surface area contributed by atoms with Crippen LogP contribution in [-0.2, 0) is 6.54 Å². The van der Waals surface area contributed by atoms with E-state index < -0.39 is 0 Å². The second-order valence-corrected chi connectivity index (χ2v) is 9.60. The van der Waals surface area contributed by atoms with Crippen molar-refractivity contribution in [3.8, 4) is 5.69 Å². The SMILES string of the molecule is Cc1ccc(NC(=O)N2Cc3ccccc3-n3cccc3C2c2ccc(C(C)C)cc2)c(Cl)c1. The Morgan fingerprint density at radius 3 is 2.50 bits per heavy atom. The molecule has 3 aromatic carbocycles. The molecule has 1 aromatic heterocycles. The Bertz CT molecular complexity index is 1340. The molecule has 2 amide bonds. The summed E-state index contributed by atoms with van der Waals surface area (Å²) in [7, 11) is 0. The maximum absolute atomic E-state index is 13.8. The number of carbonyl (C=O) groups excluding carboxylic acids is 1. The Morgan fingerprint density at radius 1 is 1.00 bits per heavy atom. The number of anilines is 1. The van der Waals surface area contributed by atoms with E-state index in [4.69, 9.17) is 11.6 Å². The van der Waals surface area contributed by atoms with Crippen molar-refractivity contribution in [3.63, 3.8) is 0 Å². The summed E-state index contributed by atoms with van der Waals surface area (Å²) in [6.07, 6.45) is 2.07. The first-order valence-electron chi connectivity index (χ1n) is 11.6. The van der Waals surface area contributed by atoms with Gasteiger partial charge < -0.3 is 14.8 Å². The van der Waals surface area contributed by atoms with E-state index in [1.807, 2.05) is 48.2 Å². The highest BCUT2D eigenvalue weighted by Crippen LogP contribution is 2.37. The zero-order valence-electron chi connectivity index (χ0n) is 19.6. The number of para-hydroxylation sites is 1. The third-order valence-electron chi connectivity index (χ3n) is 6.51. The van der Waals surface area contributed by atoms with Crippen LogP contribution < -0.4 is 5.32 Å². The molecule has 4 nitrogen and oxygen atoms in total. The van der Waals surface area contributed by atoms with Gasteiger partial charge in [0, 0.05) is 11.9 Å². The largest absolute Gasteiger partial charge is 0.323 e. The third kappa shape index (κ3) is 4.10. The molecule has 0 saturated heterocycles. The molecule has 34 heavy (non-hydrogen) atoms. The van der Waals surface area contributed by atoms with Crippen LogP contribution >= 0.6 is 11.6 Å². The second-order valence-electron chi connectivity index (χ2n) is 9.20. The average molecular weight is 470 g/mol. The highest BCUT2D eigenvalue weighted by molar-refractivity contribution is 6.33. The third-order valence-corrected chi connectivity index (χ3v) is 6.82. The summed E-state index contributed by atoms with van der Waals surface area (Å²) >= 11 is 6.45. The van der Waals surface area contributed by atoms with Gasteiger partial charge in [0.15, 0.2) is 0 Å². The predicted molar refractivity (Wildman–Crippen MR) is 139 cm³/mol. The van der Waals surface area contributed by atoms with Gasteiger partial charge in [-0.3, -0.25) is 0 Å². The molecule has 2 heterocycles. The van der Waals surface area contributed by atoms with Crippen LogP contribution in [0, 0.1) is 6.92 Å². The number of amides is 2. The molecule has 1 unspecified atom stereocenters. The quantitative estimate of drug-likeness (QED) is 0.328. The molecule has 5 heteroatoms. The van der Waals surface area contributed by atoms with Gasteiger partial charge in [0.05, 0.1) is 29.0 Å². The van der Waals surface area contributed by atoms with Crippen LogP contribution in [0.1, 0.15) is 53.8 Å². The summed E-state index contributed by atoms with van der Waals surface area (Å²) in [6.45, 7) is 6.83. The summed E-state index contributed by atoms with van der Waals surface area (Å²) in [4.78, 5) is 15.7. The molecule has 0 saturated carbocycles. The smallest absolute Gasteiger partial charge is 0.318 e. The lowest BCUT2D eigenvalue weighted by molar-refractivity contribution is 0.194. The van der Waals surface area contributed by atoms with Gasteiger partial charge in [0.2, 0.25) is 0 Å². The van der Waals surface area contributed by atoms with Crippen LogP contribution in [-0.4, -0.2) is 15.5 Å². The van der Waals surface area contributed by atoms with E-state index in [2.05, 4.69) is 72.4 Å². The van der Waals surface area contributed by atoms with Crippen LogP contribution in [0.3, 0.4) is 0 Å². The molecule has 0 fully saturated rings. The van der Waals surface area contributed by atoms with Crippen LogP contribution in [0.5, 0.6) is 0 Å². The maximum atomic E-state index is 13.8. The van der Waals surface area contributed by atoms with Crippen LogP contribution in [0.25, 0.3) is 5.69 Å². The topological polar surface area (TPSA) is 37.3 Å². The number of nitrogens with one attached hydrogen (secondary N) is 1. The Balaban J connectivity index is 1.61. The van der Waals surface area contributed by atoms with Crippen molar-refractivity contribution < 1.29 is 4.79 Å². The number of hydrogen-bond donors (Lipinski definition) is 1. The molecule has 4 aromatic rings. The molecular formula is C29H28ClN3O. The number of halogens is 1. The average Bonchev–Trinajstić information content (AvgIpc) is 3.25.